The zero-order valence-electron chi connectivity index (χ0n) is 14.9. The smallest absolute Gasteiger partial charge is 0.292 e. The molecule has 1 aromatic heterocycles. The Hall–Kier alpha value is -2.24. The van der Waals surface area contributed by atoms with Crippen molar-refractivity contribution in [1.82, 2.24) is 14.9 Å². The average Bonchev–Trinajstić information content (AvgIpc) is 2.69. The molecule has 1 saturated heterocycles. The molecule has 26 heavy (non-hydrogen) atoms. The van der Waals surface area contributed by atoms with Crippen LogP contribution in [0.4, 0.5) is 0 Å². The first-order valence-corrected chi connectivity index (χ1v) is 9.20. The van der Waals surface area contributed by atoms with Gasteiger partial charge >= 0.3 is 0 Å². The predicted molar refractivity (Wildman–Crippen MR) is 104 cm³/mol. The Morgan fingerprint density at radius 3 is 2.69 bits per heavy atom. The molecule has 2 aromatic rings. The first-order chi connectivity index (χ1) is 12.6. The van der Waals surface area contributed by atoms with Crippen molar-refractivity contribution in [2.24, 2.45) is 11.0 Å². The van der Waals surface area contributed by atoms with E-state index in [1.807, 2.05) is 24.4 Å². The van der Waals surface area contributed by atoms with Gasteiger partial charge in [-0.15, -0.1) is 0 Å². The van der Waals surface area contributed by atoms with E-state index in [-0.39, 0.29) is 5.91 Å². The van der Waals surface area contributed by atoms with Crippen molar-refractivity contribution >= 4 is 23.7 Å². The molecule has 2 heterocycles. The van der Waals surface area contributed by atoms with Crippen LogP contribution in [0.15, 0.2) is 53.8 Å². The fourth-order valence-electron chi connectivity index (χ4n) is 3.03. The van der Waals surface area contributed by atoms with Crippen molar-refractivity contribution in [2.45, 2.75) is 19.4 Å². The second kappa shape index (κ2) is 8.92. The molecule has 1 aliphatic heterocycles. The Bertz CT molecular complexity index is 757. The molecule has 0 radical (unpaired) electrons. The summed E-state index contributed by atoms with van der Waals surface area (Å²) in [5, 5.41) is 6.51. The molecular weight excluding hydrogens is 348 g/mol. The van der Waals surface area contributed by atoms with Gasteiger partial charge in [0.1, 0.15) is 5.69 Å². The highest BCUT2D eigenvalue weighted by molar-refractivity contribution is 6.31. The van der Waals surface area contributed by atoms with E-state index in [4.69, 9.17) is 11.6 Å². The van der Waals surface area contributed by atoms with Gasteiger partial charge in [-0.05, 0) is 55.6 Å². The first kappa shape index (κ1) is 18.5. The van der Waals surface area contributed by atoms with Gasteiger partial charge in [-0.25, -0.2) is 5.01 Å². The van der Waals surface area contributed by atoms with Gasteiger partial charge in [0.05, 0.1) is 0 Å². The quantitative estimate of drug-likeness (QED) is 0.595. The molecule has 1 amide bonds. The molecule has 1 aliphatic rings. The van der Waals surface area contributed by atoms with Crippen LogP contribution in [0.2, 0.25) is 5.02 Å². The lowest BCUT2D eigenvalue weighted by Crippen LogP contribution is -2.34. The van der Waals surface area contributed by atoms with Crippen LogP contribution in [0.3, 0.4) is 0 Å². The molecule has 0 N–H and O–H groups in total. The number of benzene rings is 1. The zero-order chi connectivity index (χ0) is 18.4. The van der Waals surface area contributed by atoms with Gasteiger partial charge in [-0.1, -0.05) is 35.9 Å². The van der Waals surface area contributed by atoms with E-state index >= 15 is 0 Å². The normalized spacial score (nSPS) is 16.1. The second-order valence-electron chi connectivity index (χ2n) is 6.51. The number of carbonyl (C=O) groups is 1. The third kappa shape index (κ3) is 4.90. The van der Waals surface area contributed by atoms with Crippen molar-refractivity contribution in [2.75, 3.05) is 20.1 Å². The number of hydrogen-bond acceptors (Lipinski definition) is 4. The minimum Gasteiger partial charge on any atom is -0.299 e. The number of hydrazone groups is 1. The first-order valence-electron chi connectivity index (χ1n) is 8.82. The Morgan fingerprint density at radius 1 is 1.27 bits per heavy atom. The summed E-state index contributed by atoms with van der Waals surface area (Å²) < 4.78 is 0. The molecule has 0 bridgehead atoms. The number of nitrogens with zero attached hydrogens (tertiary/aromatic N) is 4. The summed E-state index contributed by atoms with van der Waals surface area (Å²) in [6.45, 7) is 2.88. The second-order valence-corrected chi connectivity index (χ2v) is 6.92. The molecule has 136 valence electrons. The van der Waals surface area contributed by atoms with Crippen molar-refractivity contribution in [3.05, 3.63) is 64.9 Å². The highest BCUT2D eigenvalue weighted by Gasteiger charge is 2.19. The van der Waals surface area contributed by atoms with Gasteiger partial charge in [-0.2, -0.15) is 5.10 Å². The van der Waals surface area contributed by atoms with Gasteiger partial charge in [0.2, 0.25) is 0 Å². The number of carbonyl (C=O) groups excluding carboxylic acids is 1. The fourth-order valence-corrected chi connectivity index (χ4v) is 3.22. The minimum absolute atomic E-state index is 0.196. The summed E-state index contributed by atoms with van der Waals surface area (Å²) in [4.78, 5) is 18.7. The largest absolute Gasteiger partial charge is 0.299 e. The van der Waals surface area contributed by atoms with Crippen LogP contribution in [0.5, 0.6) is 0 Å². The number of rotatable bonds is 5. The minimum atomic E-state index is -0.196. The fraction of sp³-hybridized carbons (Fsp3) is 0.350. The number of aromatic nitrogens is 1. The Balaban J connectivity index is 1.48. The zero-order valence-corrected chi connectivity index (χ0v) is 15.6. The summed E-state index contributed by atoms with van der Waals surface area (Å²) in [5.41, 5.74) is 1.57. The molecule has 0 aliphatic carbocycles. The Morgan fingerprint density at radius 2 is 2.00 bits per heavy atom. The van der Waals surface area contributed by atoms with E-state index in [0.717, 1.165) is 37.5 Å². The third-order valence-electron chi connectivity index (χ3n) is 4.61. The average molecular weight is 371 g/mol. The van der Waals surface area contributed by atoms with E-state index in [2.05, 4.69) is 21.1 Å². The third-order valence-corrected chi connectivity index (χ3v) is 4.98. The summed E-state index contributed by atoms with van der Waals surface area (Å²) in [5.74, 6) is 0.189. The van der Waals surface area contributed by atoms with E-state index in [1.165, 1.54) is 10.6 Å². The van der Waals surface area contributed by atoms with Gasteiger partial charge < -0.3 is 0 Å². The van der Waals surface area contributed by atoms with E-state index < -0.39 is 0 Å². The molecule has 0 spiro atoms. The van der Waals surface area contributed by atoms with Crippen molar-refractivity contribution < 1.29 is 4.79 Å². The maximum absolute atomic E-state index is 12.2. The van der Waals surface area contributed by atoms with Gasteiger partial charge in [0, 0.05) is 31.0 Å². The molecule has 3 rings (SSSR count). The lowest BCUT2D eigenvalue weighted by Gasteiger charge is -2.30. The van der Waals surface area contributed by atoms with Crippen LogP contribution in [-0.2, 0) is 6.54 Å². The van der Waals surface area contributed by atoms with Crippen LogP contribution < -0.4 is 0 Å². The molecule has 5 nitrogen and oxygen atoms in total. The van der Waals surface area contributed by atoms with Crippen molar-refractivity contribution in [1.29, 1.82) is 0 Å². The van der Waals surface area contributed by atoms with Crippen LogP contribution in [-0.4, -0.2) is 47.2 Å². The summed E-state index contributed by atoms with van der Waals surface area (Å²) >= 11 is 6.25. The number of amides is 1. The monoisotopic (exact) mass is 370 g/mol. The number of hydrogen-bond donors (Lipinski definition) is 0. The summed E-state index contributed by atoms with van der Waals surface area (Å²) in [6, 6.07) is 13.3. The van der Waals surface area contributed by atoms with Crippen molar-refractivity contribution in [3.8, 4) is 0 Å². The molecule has 0 saturated carbocycles. The van der Waals surface area contributed by atoms with E-state index in [9.17, 15) is 4.79 Å². The summed E-state index contributed by atoms with van der Waals surface area (Å²) in [6.07, 6.45) is 5.56. The molecular formula is C20H23ClN4O. The van der Waals surface area contributed by atoms with Crippen LogP contribution in [0, 0.1) is 5.92 Å². The number of likely N-dealkylation sites (tertiary alicyclic amines) is 1. The van der Waals surface area contributed by atoms with E-state index in [0.29, 0.717) is 11.6 Å². The number of pyridine rings is 1. The van der Waals surface area contributed by atoms with E-state index in [1.54, 1.807) is 31.4 Å². The SMILES string of the molecule is CN(/N=C/C1CCN(Cc2ccccc2Cl)CC1)C(=O)c1ccccn1. The number of halogens is 1. The molecule has 1 aromatic carbocycles. The highest BCUT2D eigenvalue weighted by atomic mass is 35.5. The van der Waals surface area contributed by atoms with Gasteiger partial charge in [0.15, 0.2) is 0 Å². The number of piperidine rings is 1. The molecule has 1 fully saturated rings. The molecule has 6 heteroatoms. The molecule has 0 atom stereocenters. The topological polar surface area (TPSA) is 48.8 Å². The van der Waals surface area contributed by atoms with Crippen molar-refractivity contribution in [3.63, 3.8) is 0 Å². The van der Waals surface area contributed by atoms with Gasteiger partial charge in [-0.3, -0.25) is 14.7 Å². The van der Waals surface area contributed by atoms with Crippen LogP contribution >= 0.6 is 11.6 Å². The summed E-state index contributed by atoms with van der Waals surface area (Å²) in [7, 11) is 1.67. The Kier molecular flexibility index (Phi) is 6.36. The lowest BCUT2D eigenvalue weighted by atomic mass is 9.98. The van der Waals surface area contributed by atoms with Crippen LogP contribution in [0.25, 0.3) is 0 Å². The standard InChI is InChI=1S/C20H23ClN4O/c1-24(20(26)19-8-4-5-11-22-19)23-14-16-9-12-25(13-10-16)15-17-6-2-3-7-18(17)21/h2-8,11,14,16H,9-10,12-13,15H2,1H3/b23-14+. The highest BCUT2D eigenvalue weighted by Crippen LogP contribution is 2.21. The van der Waals surface area contributed by atoms with Crippen LogP contribution in [0.1, 0.15) is 28.9 Å². The van der Waals surface area contributed by atoms with Gasteiger partial charge in [0.25, 0.3) is 5.91 Å². The Labute approximate surface area is 159 Å². The molecule has 0 unspecified atom stereocenters. The maximum Gasteiger partial charge on any atom is 0.292 e. The lowest BCUT2D eigenvalue weighted by molar-refractivity contribution is 0.0793. The predicted octanol–water partition coefficient (Wildman–Crippen LogP) is 3.71. The maximum atomic E-state index is 12.2.